The lowest BCUT2D eigenvalue weighted by molar-refractivity contribution is -0.142. The van der Waals surface area contributed by atoms with Crippen molar-refractivity contribution in [2.45, 2.75) is 25.6 Å². The van der Waals surface area contributed by atoms with E-state index < -0.39 is 11.6 Å². The summed E-state index contributed by atoms with van der Waals surface area (Å²) in [6.45, 7) is 3.56. The van der Waals surface area contributed by atoms with Crippen LogP contribution in [0.5, 0.6) is 0 Å². The highest BCUT2D eigenvalue weighted by molar-refractivity contribution is 5.81. The summed E-state index contributed by atoms with van der Waals surface area (Å²) in [5.41, 5.74) is 1.02. The monoisotopic (exact) mass is 192 g/mol. The summed E-state index contributed by atoms with van der Waals surface area (Å²) in [5, 5.41) is 8.91. The van der Waals surface area contributed by atoms with E-state index in [4.69, 9.17) is 9.84 Å². The summed E-state index contributed by atoms with van der Waals surface area (Å²) < 4.78 is 5.23. The van der Waals surface area contributed by atoms with Crippen LogP contribution in [0.15, 0.2) is 24.3 Å². The Labute approximate surface area is 82.3 Å². The summed E-state index contributed by atoms with van der Waals surface area (Å²) >= 11 is 0. The first kappa shape index (κ1) is 9.21. The zero-order chi connectivity index (χ0) is 10.3. The molecule has 0 spiro atoms. The number of rotatable bonds is 2. The van der Waals surface area contributed by atoms with Gasteiger partial charge in [0.1, 0.15) is 6.10 Å². The van der Waals surface area contributed by atoms with Crippen LogP contribution < -0.4 is 0 Å². The Morgan fingerprint density at radius 1 is 1.50 bits per heavy atom. The second kappa shape index (κ2) is 2.82. The number of carbonyl (C=O) groups is 1. The molecule has 1 saturated heterocycles. The van der Waals surface area contributed by atoms with Gasteiger partial charge in [-0.25, -0.2) is 4.79 Å². The summed E-state index contributed by atoms with van der Waals surface area (Å²) in [7, 11) is 0. The molecule has 1 aromatic carbocycles. The molecule has 0 amide bonds. The first-order valence-electron chi connectivity index (χ1n) is 4.52. The standard InChI is InChI=1S/C11H12O3/c1-7-5-3-4-6-8(7)9-11(2,14-9)10(12)13/h3-6,9H,1-2H3,(H,12,13). The zero-order valence-corrected chi connectivity index (χ0v) is 8.15. The maximum Gasteiger partial charge on any atom is 0.338 e. The maximum absolute atomic E-state index is 10.9. The van der Waals surface area contributed by atoms with Crippen molar-refractivity contribution in [3.63, 3.8) is 0 Å². The molecular formula is C11H12O3. The van der Waals surface area contributed by atoms with Gasteiger partial charge in [0.25, 0.3) is 0 Å². The van der Waals surface area contributed by atoms with E-state index in [0.717, 1.165) is 11.1 Å². The van der Waals surface area contributed by atoms with Gasteiger partial charge in [-0.15, -0.1) is 0 Å². The summed E-state index contributed by atoms with van der Waals surface area (Å²) in [6.07, 6.45) is -0.291. The third-order valence-electron chi connectivity index (χ3n) is 2.70. The molecule has 1 aliphatic heterocycles. The van der Waals surface area contributed by atoms with Crippen LogP contribution in [0.3, 0.4) is 0 Å². The number of hydrogen-bond acceptors (Lipinski definition) is 2. The number of benzene rings is 1. The fourth-order valence-corrected chi connectivity index (χ4v) is 1.61. The lowest BCUT2D eigenvalue weighted by atomic mass is 9.98. The number of ether oxygens (including phenoxy) is 1. The normalized spacial score (nSPS) is 30.0. The third kappa shape index (κ3) is 1.21. The van der Waals surface area contributed by atoms with Crippen LogP contribution in [0.1, 0.15) is 24.2 Å². The average molecular weight is 192 g/mol. The molecule has 3 nitrogen and oxygen atoms in total. The van der Waals surface area contributed by atoms with Crippen molar-refractivity contribution in [2.75, 3.05) is 0 Å². The van der Waals surface area contributed by atoms with Gasteiger partial charge in [0.05, 0.1) is 0 Å². The van der Waals surface area contributed by atoms with E-state index in [1.54, 1.807) is 6.92 Å². The van der Waals surface area contributed by atoms with E-state index in [9.17, 15) is 4.79 Å². The van der Waals surface area contributed by atoms with E-state index in [1.807, 2.05) is 31.2 Å². The molecule has 0 radical (unpaired) electrons. The van der Waals surface area contributed by atoms with Crippen molar-refractivity contribution in [3.05, 3.63) is 35.4 Å². The maximum atomic E-state index is 10.9. The van der Waals surface area contributed by atoms with Gasteiger partial charge < -0.3 is 9.84 Å². The van der Waals surface area contributed by atoms with E-state index in [1.165, 1.54) is 0 Å². The van der Waals surface area contributed by atoms with Crippen molar-refractivity contribution in [1.82, 2.24) is 0 Å². The fraction of sp³-hybridized carbons (Fsp3) is 0.364. The Kier molecular flexibility index (Phi) is 1.86. The summed E-state index contributed by atoms with van der Waals surface area (Å²) in [5.74, 6) is -0.897. The van der Waals surface area contributed by atoms with Gasteiger partial charge in [0.15, 0.2) is 5.60 Å². The molecule has 2 unspecified atom stereocenters. The first-order chi connectivity index (χ1) is 6.55. The molecule has 1 fully saturated rings. The molecule has 1 heterocycles. The summed E-state index contributed by atoms with van der Waals surface area (Å²) in [4.78, 5) is 10.9. The number of aliphatic carboxylic acids is 1. The lowest BCUT2D eigenvalue weighted by Crippen LogP contribution is -2.20. The zero-order valence-electron chi connectivity index (χ0n) is 8.15. The van der Waals surface area contributed by atoms with Crippen LogP contribution in [0.25, 0.3) is 0 Å². The molecular weight excluding hydrogens is 180 g/mol. The predicted octanol–water partition coefficient (Wildman–Crippen LogP) is 1.91. The van der Waals surface area contributed by atoms with Gasteiger partial charge in [-0.3, -0.25) is 0 Å². The quantitative estimate of drug-likeness (QED) is 0.728. The average Bonchev–Trinajstić information content (AvgIpc) is 2.80. The van der Waals surface area contributed by atoms with Crippen molar-refractivity contribution in [3.8, 4) is 0 Å². The van der Waals surface area contributed by atoms with Crippen LogP contribution >= 0.6 is 0 Å². The first-order valence-corrected chi connectivity index (χ1v) is 4.52. The fourth-order valence-electron chi connectivity index (χ4n) is 1.61. The van der Waals surface area contributed by atoms with Crippen molar-refractivity contribution < 1.29 is 14.6 Å². The van der Waals surface area contributed by atoms with Crippen LogP contribution in [0.4, 0.5) is 0 Å². The number of epoxide rings is 1. The van der Waals surface area contributed by atoms with Gasteiger partial charge in [0, 0.05) is 0 Å². The Balaban J connectivity index is 2.29. The second-order valence-corrected chi connectivity index (χ2v) is 3.77. The molecule has 1 N–H and O–H groups in total. The number of aryl methyl sites for hydroxylation is 1. The minimum Gasteiger partial charge on any atom is -0.479 e. The molecule has 2 rings (SSSR count). The van der Waals surface area contributed by atoms with Crippen molar-refractivity contribution >= 4 is 5.97 Å². The van der Waals surface area contributed by atoms with Gasteiger partial charge in [-0.1, -0.05) is 24.3 Å². The highest BCUT2D eigenvalue weighted by Gasteiger charge is 2.60. The molecule has 0 bridgehead atoms. The summed E-state index contributed by atoms with van der Waals surface area (Å²) in [6, 6.07) is 7.69. The van der Waals surface area contributed by atoms with Crippen molar-refractivity contribution in [2.24, 2.45) is 0 Å². The third-order valence-corrected chi connectivity index (χ3v) is 2.70. The molecule has 74 valence electrons. The van der Waals surface area contributed by atoms with Crippen LogP contribution in [0, 0.1) is 6.92 Å². The predicted molar refractivity (Wildman–Crippen MR) is 51.0 cm³/mol. The Hall–Kier alpha value is -1.35. The minimum atomic E-state index is -1.02. The van der Waals surface area contributed by atoms with E-state index >= 15 is 0 Å². The highest BCUT2D eigenvalue weighted by Crippen LogP contribution is 2.50. The molecule has 1 aliphatic rings. The molecule has 14 heavy (non-hydrogen) atoms. The Morgan fingerprint density at radius 3 is 2.64 bits per heavy atom. The molecule has 0 saturated carbocycles. The molecule has 3 heteroatoms. The second-order valence-electron chi connectivity index (χ2n) is 3.77. The van der Waals surface area contributed by atoms with E-state index in [-0.39, 0.29) is 6.10 Å². The SMILES string of the molecule is Cc1ccccc1C1OC1(C)C(=O)O. The van der Waals surface area contributed by atoms with Gasteiger partial charge >= 0.3 is 5.97 Å². The lowest BCUT2D eigenvalue weighted by Gasteiger charge is -2.02. The van der Waals surface area contributed by atoms with Crippen LogP contribution in [-0.2, 0) is 9.53 Å². The molecule has 0 aromatic heterocycles. The number of hydrogen-bond donors (Lipinski definition) is 1. The number of carboxylic acid groups (broad SMARTS) is 1. The largest absolute Gasteiger partial charge is 0.479 e. The van der Waals surface area contributed by atoms with Gasteiger partial charge in [-0.2, -0.15) is 0 Å². The van der Waals surface area contributed by atoms with Gasteiger partial charge in [0.2, 0.25) is 0 Å². The van der Waals surface area contributed by atoms with Crippen LogP contribution in [-0.4, -0.2) is 16.7 Å². The van der Waals surface area contributed by atoms with Crippen LogP contribution in [0.2, 0.25) is 0 Å². The van der Waals surface area contributed by atoms with E-state index in [0.29, 0.717) is 0 Å². The molecule has 2 atom stereocenters. The molecule has 0 aliphatic carbocycles. The van der Waals surface area contributed by atoms with Gasteiger partial charge in [-0.05, 0) is 25.0 Å². The Morgan fingerprint density at radius 2 is 2.14 bits per heavy atom. The van der Waals surface area contributed by atoms with Crippen molar-refractivity contribution in [1.29, 1.82) is 0 Å². The highest BCUT2D eigenvalue weighted by atomic mass is 16.6. The molecule has 1 aromatic rings. The number of carboxylic acids is 1. The minimum absolute atomic E-state index is 0.291. The van der Waals surface area contributed by atoms with E-state index in [2.05, 4.69) is 0 Å². The Bertz CT molecular complexity index is 386. The smallest absolute Gasteiger partial charge is 0.338 e. The topological polar surface area (TPSA) is 49.8 Å².